The summed E-state index contributed by atoms with van der Waals surface area (Å²) in [7, 11) is 0. The molecule has 1 unspecified atom stereocenters. The minimum atomic E-state index is -1.01. The fourth-order valence-electron chi connectivity index (χ4n) is 2.99. The molecule has 0 bridgehead atoms. The molecule has 0 radical (unpaired) electrons. The molecule has 8 nitrogen and oxygen atoms in total. The number of carbonyl (C=O) groups excluding carboxylic acids is 2. The third-order valence-corrected chi connectivity index (χ3v) is 4.47. The zero-order valence-electron chi connectivity index (χ0n) is 15.4. The van der Waals surface area contributed by atoms with Gasteiger partial charge in [0.2, 0.25) is 5.78 Å². The van der Waals surface area contributed by atoms with Crippen LogP contribution < -0.4 is 4.90 Å². The maximum absolute atomic E-state index is 12.4. The molecule has 1 fully saturated rings. The Morgan fingerprint density at radius 1 is 1.11 bits per heavy atom. The number of hydrogen-bond donors (Lipinski definition) is 0. The van der Waals surface area contributed by atoms with E-state index >= 15 is 0 Å². The quantitative estimate of drug-likeness (QED) is 0.327. The normalized spacial score (nSPS) is 15.0. The number of nitrogens with zero attached hydrogens (tertiary/aromatic N) is 2. The molecule has 1 aliphatic rings. The fraction of sp³-hybridized carbons (Fsp3) is 0.300. The van der Waals surface area contributed by atoms with Crippen LogP contribution in [0.4, 0.5) is 11.4 Å². The van der Waals surface area contributed by atoms with Crippen molar-refractivity contribution in [1.82, 2.24) is 0 Å². The largest absolute Gasteiger partial charge is 0.451 e. The zero-order valence-corrected chi connectivity index (χ0v) is 15.4. The number of ether oxygens (including phenoxy) is 2. The summed E-state index contributed by atoms with van der Waals surface area (Å²) >= 11 is 0. The Kier molecular flexibility index (Phi) is 6.00. The van der Waals surface area contributed by atoms with E-state index in [4.69, 9.17) is 9.47 Å². The second-order valence-electron chi connectivity index (χ2n) is 6.34. The number of carbonyl (C=O) groups is 2. The number of nitro benzene ring substituents is 1. The van der Waals surface area contributed by atoms with Crippen molar-refractivity contribution >= 4 is 23.1 Å². The molecule has 0 saturated carbocycles. The monoisotopic (exact) mass is 384 g/mol. The van der Waals surface area contributed by atoms with Gasteiger partial charge in [-0.1, -0.05) is 30.3 Å². The standard InChI is InChI=1S/C20H20N2O6/c1-14(19(23)15-5-3-2-4-6-15)28-20(24)16-7-8-17(18(13-16)22(25)26)21-9-11-27-12-10-21/h2-8,13-14H,9-12H2,1H3. The van der Waals surface area contributed by atoms with Gasteiger partial charge in [0, 0.05) is 24.7 Å². The van der Waals surface area contributed by atoms with E-state index < -0.39 is 17.0 Å². The predicted molar refractivity (Wildman–Crippen MR) is 102 cm³/mol. The number of ketones is 1. The fourth-order valence-corrected chi connectivity index (χ4v) is 2.99. The third-order valence-electron chi connectivity index (χ3n) is 4.47. The number of morpholine rings is 1. The van der Waals surface area contributed by atoms with Crippen molar-refractivity contribution in [3.8, 4) is 0 Å². The average molecular weight is 384 g/mol. The van der Waals surface area contributed by atoms with Crippen LogP contribution in [0.25, 0.3) is 0 Å². The van der Waals surface area contributed by atoms with E-state index in [1.807, 2.05) is 4.90 Å². The van der Waals surface area contributed by atoms with E-state index in [0.29, 0.717) is 37.6 Å². The van der Waals surface area contributed by atoms with Crippen LogP contribution in [0.3, 0.4) is 0 Å². The highest BCUT2D eigenvalue weighted by molar-refractivity contribution is 6.01. The maximum atomic E-state index is 12.4. The lowest BCUT2D eigenvalue weighted by Gasteiger charge is -2.28. The molecule has 0 amide bonds. The van der Waals surface area contributed by atoms with Crippen molar-refractivity contribution in [3.63, 3.8) is 0 Å². The number of benzene rings is 2. The van der Waals surface area contributed by atoms with Gasteiger partial charge in [0.15, 0.2) is 6.10 Å². The topological polar surface area (TPSA) is 99.0 Å². The van der Waals surface area contributed by atoms with E-state index in [0.717, 1.165) is 0 Å². The van der Waals surface area contributed by atoms with E-state index in [1.165, 1.54) is 25.1 Å². The van der Waals surface area contributed by atoms with Crippen molar-refractivity contribution in [2.75, 3.05) is 31.2 Å². The van der Waals surface area contributed by atoms with Crippen LogP contribution in [0.1, 0.15) is 27.6 Å². The summed E-state index contributed by atoms with van der Waals surface area (Å²) in [4.78, 5) is 37.6. The van der Waals surface area contributed by atoms with Gasteiger partial charge < -0.3 is 14.4 Å². The number of esters is 1. The van der Waals surface area contributed by atoms with Crippen LogP contribution in [-0.2, 0) is 9.47 Å². The van der Waals surface area contributed by atoms with Gasteiger partial charge in [-0.25, -0.2) is 4.79 Å². The Labute approximate surface area is 161 Å². The van der Waals surface area contributed by atoms with Crippen LogP contribution in [-0.4, -0.2) is 49.1 Å². The zero-order chi connectivity index (χ0) is 20.1. The second kappa shape index (κ2) is 8.62. The van der Waals surface area contributed by atoms with Gasteiger partial charge >= 0.3 is 5.97 Å². The molecule has 1 saturated heterocycles. The van der Waals surface area contributed by atoms with Gasteiger partial charge in [0.05, 0.1) is 23.7 Å². The first kappa shape index (κ1) is 19.5. The molecule has 1 atom stereocenters. The minimum Gasteiger partial charge on any atom is -0.451 e. The van der Waals surface area contributed by atoms with Crippen molar-refractivity contribution in [2.24, 2.45) is 0 Å². The summed E-state index contributed by atoms with van der Waals surface area (Å²) in [6.07, 6.45) is -1.01. The number of rotatable bonds is 6. The molecule has 0 spiro atoms. The molecular weight excluding hydrogens is 364 g/mol. The number of nitro groups is 1. The van der Waals surface area contributed by atoms with Gasteiger partial charge in [-0.15, -0.1) is 0 Å². The highest BCUT2D eigenvalue weighted by Crippen LogP contribution is 2.30. The summed E-state index contributed by atoms with van der Waals surface area (Å²) in [6, 6.07) is 12.7. The first-order chi connectivity index (χ1) is 13.5. The molecule has 3 rings (SSSR count). The molecule has 1 heterocycles. The lowest BCUT2D eigenvalue weighted by molar-refractivity contribution is -0.384. The summed E-state index contributed by atoms with van der Waals surface area (Å²) in [5.74, 6) is -1.12. The van der Waals surface area contributed by atoms with E-state index in [9.17, 15) is 19.7 Å². The molecule has 2 aromatic rings. The second-order valence-corrected chi connectivity index (χ2v) is 6.34. The maximum Gasteiger partial charge on any atom is 0.339 e. The predicted octanol–water partition coefficient (Wildman–Crippen LogP) is 2.86. The van der Waals surface area contributed by atoms with E-state index in [-0.39, 0.29) is 17.0 Å². The molecule has 8 heteroatoms. The lowest BCUT2D eigenvalue weighted by atomic mass is 10.1. The molecule has 0 aliphatic carbocycles. The summed E-state index contributed by atoms with van der Waals surface area (Å²) in [5, 5.41) is 11.5. The van der Waals surface area contributed by atoms with Gasteiger partial charge in [-0.3, -0.25) is 14.9 Å². The molecule has 28 heavy (non-hydrogen) atoms. The number of Topliss-reactive ketones (excluding diaryl/α,β-unsaturated/α-hetero) is 1. The van der Waals surface area contributed by atoms with Crippen molar-refractivity contribution in [2.45, 2.75) is 13.0 Å². The van der Waals surface area contributed by atoms with Crippen LogP contribution in [0, 0.1) is 10.1 Å². The smallest absolute Gasteiger partial charge is 0.339 e. The van der Waals surface area contributed by atoms with Gasteiger partial charge in [-0.2, -0.15) is 0 Å². The number of anilines is 1. The van der Waals surface area contributed by atoms with Crippen molar-refractivity contribution in [1.29, 1.82) is 0 Å². The Morgan fingerprint density at radius 2 is 1.79 bits per heavy atom. The molecular formula is C20H20N2O6. The molecule has 0 aromatic heterocycles. The Morgan fingerprint density at radius 3 is 2.43 bits per heavy atom. The van der Waals surface area contributed by atoms with Gasteiger partial charge in [-0.05, 0) is 19.1 Å². The van der Waals surface area contributed by atoms with E-state index in [2.05, 4.69) is 0 Å². The van der Waals surface area contributed by atoms with Crippen molar-refractivity contribution in [3.05, 3.63) is 69.8 Å². The van der Waals surface area contributed by atoms with Gasteiger partial charge in [0.25, 0.3) is 5.69 Å². The Hall–Kier alpha value is -3.26. The highest BCUT2D eigenvalue weighted by atomic mass is 16.6. The highest BCUT2D eigenvalue weighted by Gasteiger charge is 2.25. The molecule has 1 aliphatic heterocycles. The van der Waals surface area contributed by atoms with Crippen LogP contribution in [0.5, 0.6) is 0 Å². The minimum absolute atomic E-state index is 0.0245. The van der Waals surface area contributed by atoms with Gasteiger partial charge in [0.1, 0.15) is 5.69 Å². The first-order valence-corrected chi connectivity index (χ1v) is 8.88. The lowest BCUT2D eigenvalue weighted by Crippen LogP contribution is -2.36. The summed E-state index contributed by atoms with van der Waals surface area (Å²) < 4.78 is 10.5. The van der Waals surface area contributed by atoms with E-state index in [1.54, 1.807) is 30.3 Å². The Bertz CT molecular complexity index is 878. The Balaban J connectivity index is 1.77. The molecule has 0 N–H and O–H groups in total. The summed E-state index contributed by atoms with van der Waals surface area (Å²) in [6.45, 7) is 3.52. The summed E-state index contributed by atoms with van der Waals surface area (Å²) in [5.41, 5.74) is 0.699. The third kappa shape index (κ3) is 4.34. The van der Waals surface area contributed by atoms with Crippen LogP contribution in [0.15, 0.2) is 48.5 Å². The number of hydrogen-bond acceptors (Lipinski definition) is 7. The van der Waals surface area contributed by atoms with Crippen LogP contribution >= 0.6 is 0 Å². The molecule has 146 valence electrons. The SMILES string of the molecule is CC(OC(=O)c1ccc(N2CCOCC2)c([N+](=O)[O-])c1)C(=O)c1ccccc1. The molecule has 2 aromatic carbocycles. The van der Waals surface area contributed by atoms with Crippen LogP contribution in [0.2, 0.25) is 0 Å². The average Bonchev–Trinajstić information content (AvgIpc) is 2.73. The first-order valence-electron chi connectivity index (χ1n) is 8.88. The van der Waals surface area contributed by atoms with Crippen molar-refractivity contribution < 1.29 is 24.0 Å².